The highest BCUT2D eigenvalue weighted by molar-refractivity contribution is 6.26. The first kappa shape index (κ1) is 14.3. The van der Waals surface area contributed by atoms with E-state index in [1.54, 1.807) is 19.1 Å². The molecular weight excluding hydrogens is 286 g/mol. The molecule has 3 rings (SSSR count). The van der Waals surface area contributed by atoms with Gasteiger partial charge in [0.2, 0.25) is 0 Å². The maximum absolute atomic E-state index is 13.4. The molecule has 0 radical (unpaired) electrons. The Morgan fingerprint density at radius 1 is 0.818 bits per heavy atom. The Morgan fingerprint density at radius 3 is 2.14 bits per heavy atom. The zero-order valence-corrected chi connectivity index (χ0v) is 11.8. The van der Waals surface area contributed by atoms with Crippen LogP contribution in [0.2, 0.25) is 0 Å². The fourth-order valence-corrected chi connectivity index (χ4v) is 2.59. The molecule has 0 heterocycles. The van der Waals surface area contributed by atoms with Crippen LogP contribution in [0.1, 0.15) is 33.2 Å². The van der Waals surface area contributed by atoms with E-state index in [9.17, 15) is 18.4 Å². The first-order valence-electron chi connectivity index (χ1n) is 6.80. The van der Waals surface area contributed by atoms with Gasteiger partial charge in [0.1, 0.15) is 11.6 Å². The van der Waals surface area contributed by atoms with E-state index in [0.717, 1.165) is 11.6 Å². The Balaban J connectivity index is 2.04. The Labute approximate surface area is 126 Å². The highest BCUT2D eigenvalue weighted by atomic mass is 19.1. The lowest BCUT2D eigenvalue weighted by Gasteiger charge is -2.19. The molecule has 0 fully saturated rings. The van der Waals surface area contributed by atoms with Gasteiger partial charge in [-0.2, -0.15) is 0 Å². The largest absolute Gasteiger partial charge is 0.289 e. The van der Waals surface area contributed by atoms with Gasteiger partial charge in [0, 0.05) is 28.7 Å². The lowest BCUT2D eigenvalue weighted by Crippen LogP contribution is -2.22. The van der Waals surface area contributed by atoms with Crippen molar-refractivity contribution < 1.29 is 18.4 Å². The van der Waals surface area contributed by atoms with Crippen LogP contribution in [0, 0.1) is 11.6 Å². The molecule has 110 valence electrons. The number of benzene rings is 2. The van der Waals surface area contributed by atoms with E-state index < -0.39 is 5.82 Å². The standard InChI is InChI=1S/C18H12F2O2/c1-10-15(8-11-2-4-12(19)5-3-11)18(22)16-9-13(20)6-7-14(16)17(10)21/h2-7,9H,8H2,1H3. The molecule has 0 aromatic heterocycles. The van der Waals surface area contributed by atoms with Crippen LogP contribution in [0.25, 0.3) is 0 Å². The predicted octanol–water partition coefficient (Wildman–Crippen LogP) is 3.90. The van der Waals surface area contributed by atoms with Crippen molar-refractivity contribution in [3.63, 3.8) is 0 Å². The number of fused-ring (bicyclic) bond motifs is 1. The zero-order chi connectivity index (χ0) is 15.9. The number of hydrogen-bond acceptors (Lipinski definition) is 2. The van der Waals surface area contributed by atoms with Gasteiger partial charge in [-0.25, -0.2) is 8.78 Å². The average molecular weight is 298 g/mol. The minimum Gasteiger partial charge on any atom is -0.289 e. The molecule has 0 saturated heterocycles. The molecule has 1 aliphatic rings. The summed E-state index contributed by atoms with van der Waals surface area (Å²) in [7, 11) is 0. The molecule has 22 heavy (non-hydrogen) atoms. The Morgan fingerprint density at radius 2 is 1.45 bits per heavy atom. The minimum absolute atomic E-state index is 0.0905. The Hall–Kier alpha value is -2.62. The van der Waals surface area contributed by atoms with Crippen molar-refractivity contribution in [2.45, 2.75) is 13.3 Å². The summed E-state index contributed by atoms with van der Waals surface area (Å²) in [6.45, 7) is 1.59. The summed E-state index contributed by atoms with van der Waals surface area (Å²) in [5, 5.41) is 0. The summed E-state index contributed by atoms with van der Waals surface area (Å²) in [5.41, 5.74) is 1.72. The van der Waals surface area contributed by atoms with Gasteiger partial charge >= 0.3 is 0 Å². The van der Waals surface area contributed by atoms with E-state index in [1.165, 1.54) is 24.3 Å². The fourth-order valence-electron chi connectivity index (χ4n) is 2.59. The molecule has 0 N–H and O–H groups in total. The van der Waals surface area contributed by atoms with Crippen molar-refractivity contribution in [2.24, 2.45) is 0 Å². The average Bonchev–Trinajstić information content (AvgIpc) is 2.51. The van der Waals surface area contributed by atoms with E-state index in [-0.39, 0.29) is 34.9 Å². The van der Waals surface area contributed by atoms with Gasteiger partial charge < -0.3 is 0 Å². The quantitative estimate of drug-likeness (QED) is 0.842. The number of ketones is 2. The van der Waals surface area contributed by atoms with E-state index >= 15 is 0 Å². The first-order valence-corrected chi connectivity index (χ1v) is 6.80. The lowest BCUT2D eigenvalue weighted by molar-refractivity contribution is 0.0972. The van der Waals surface area contributed by atoms with Crippen molar-refractivity contribution in [1.29, 1.82) is 0 Å². The Kier molecular flexibility index (Phi) is 3.45. The van der Waals surface area contributed by atoms with Crippen LogP contribution in [0.4, 0.5) is 8.78 Å². The summed E-state index contributed by atoms with van der Waals surface area (Å²) < 4.78 is 26.3. The number of Topliss-reactive ketones (excluding diaryl/α,β-unsaturated/α-hetero) is 2. The summed E-state index contributed by atoms with van der Waals surface area (Å²) in [6, 6.07) is 9.32. The highest BCUT2D eigenvalue weighted by Gasteiger charge is 2.30. The van der Waals surface area contributed by atoms with Crippen LogP contribution in [-0.2, 0) is 6.42 Å². The molecule has 0 amide bonds. The third-order valence-corrected chi connectivity index (χ3v) is 3.83. The topological polar surface area (TPSA) is 34.1 Å². The van der Waals surface area contributed by atoms with Crippen molar-refractivity contribution in [3.05, 3.63) is 81.9 Å². The molecule has 0 saturated carbocycles. The fraction of sp³-hybridized carbons (Fsp3) is 0.111. The van der Waals surface area contributed by atoms with Gasteiger partial charge in [0.15, 0.2) is 11.6 Å². The molecule has 2 aromatic carbocycles. The second-order valence-corrected chi connectivity index (χ2v) is 5.25. The second kappa shape index (κ2) is 5.30. The summed E-state index contributed by atoms with van der Waals surface area (Å²) >= 11 is 0. The van der Waals surface area contributed by atoms with Crippen LogP contribution in [0.3, 0.4) is 0 Å². The summed E-state index contributed by atoms with van der Waals surface area (Å²) in [5.74, 6) is -1.55. The van der Waals surface area contributed by atoms with Crippen molar-refractivity contribution >= 4 is 11.6 Å². The number of allylic oxidation sites excluding steroid dienone is 2. The van der Waals surface area contributed by atoms with Gasteiger partial charge in [0.25, 0.3) is 0 Å². The number of carbonyl (C=O) groups is 2. The van der Waals surface area contributed by atoms with Crippen LogP contribution in [-0.4, -0.2) is 11.6 Å². The first-order chi connectivity index (χ1) is 10.5. The SMILES string of the molecule is CC1=C(Cc2ccc(F)cc2)C(=O)c2cc(F)ccc2C1=O. The molecule has 1 aliphatic carbocycles. The zero-order valence-electron chi connectivity index (χ0n) is 11.8. The maximum atomic E-state index is 13.4. The predicted molar refractivity (Wildman–Crippen MR) is 77.9 cm³/mol. The number of carbonyl (C=O) groups excluding carboxylic acids is 2. The highest BCUT2D eigenvalue weighted by Crippen LogP contribution is 2.28. The number of hydrogen-bond donors (Lipinski definition) is 0. The Bertz CT molecular complexity index is 817. The molecule has 0 aliphatic heterocycles. The van der Waals surface area contributed by atoms with Crippen LogP contribution in [0.15, 0.2) is 53.6 Å². The smallest absolute Gasteiger partial charge is 0.190 e. The van der Waals surface area contributed by atoms with E-state index in [1.807, 2.05) is 0 Å². The van der Waals surface area contributed by atoms with E-state index in [0.29, 0.717) is 11.1 Å². The van der Waals surface area contributed by atoms with Crippen LogP contribution in [0.5, 0.6) is 0 Å². The third kappa shape index (κ3) is 2.37. The third-order valence-electron chi connectivity index (χ3n) is 3.83. The van der Waals surface area contributed by atoms with Crippen LogP contribution >= 0.6 is 0 Å². The molecule has 2 aromatic rings. The van der Waals surface area contributed by atoms with Gasteiger partial charge in [0.05, 0.1) is 0 Å². The second-order valence-electron chi connectivity index (χ2n) is 5.25. The molecule has 4 heteroatoms. The molecule has 0 spiro atoms. The minimum atomic E-state index is -0.555. The summed E-state index contributed by atoms with van der Waals surface area (Å²) in [6.07, 6.45) is 0.215. The molecule has 2 nitrogen and oxygen atoms in total. The van der Waals surface area contributed by atoms with Crippen molar-refractivity contribution in [2.75, 3.05) is 0 Å². The van der Waals surface area contributed by atoms with Gasteiger partial charge in [-0.1, -0.05) is 12.1 Å². The summed E-state index contributed by atoms with van der Waals surface area (Å²) in [4.78, 5) is 24.9. The van der Waals surface area contributed by atoms with E-state index in [2.05, 4.69) is 0 Å². The molecule has 0 bridgehead atoms. The molecular formula is C18H12F2O2. The van der Waals surface area contributed by atoms with Gasteiger partial charge in [-0.15, -0.1) is 0 Å². The monoisotopic (exact) mass is 298 g/mol. The van der Waals surface area contributed by atoms with Gasteiger partial charge in [-0.3, -0.25) is 9.59 Å². The molecule has 0 unspecified atom stereocenters. The van der Waals surface area contributed by atoms with Crippen LogP contribution < -0.4 is 0 Å². The maximum Gasteiger partial charge on any atom is 0.190 e. The lowest BCUT2D eigenvalue weighted by atomic mass is 9.82. The number of halogens is 2. The van der Waals surface area contributed by atoms with Gasteiger partial charge in [-0.05, 0) is 42.8 Å². The van der Waals surface area contributed by atoms with Crippen molar-refractivity contribution in [3.8, 4) is 0 Å². The normalized spacial score (nSPS) is 14.3. The molecule has 0 atom stereocenters. The van der Waals surface area contributed by atoms with E-state index in [4.69, 9.17) is 0 Å². The van der Waals surface area contributed by atoms with Crippen molar-refractivity contribution in [1.82, 2.24) is 0 Å². The number of rotatable bonds is 2.